The van der Waals surface area contributed by atoms with Crippen molar-refractivity contribution in [2.45, 2.75) is 26.9 Å². The van der Waals surface area contributed by atoms with E-state index in [1.807, 2.05) is 69.3 Å². The zero-order valence-corrected chi connectivity index (χ0v) is 15.1. The van der Waals surface area contributed by atoms with E-state index in [1.165, 1.54) is 0 Å². The Morgan fingerprint density at radius 1 is 0.962 bits per heavy atom. The molecule has 0 N–H and O–H groups in total. The lowest BCUT2D eigenvalue weighted by molar-refractivity contribution is 0.242. The molecule has 0 unspecified atom stereocenters. The molecule has 0 aliphatic carbocycles. The maximum absolute atomic E-state index is 5.73. The molecule has 26 heavy (non-hydrogen) atoms. The molecule has 0 aliphatic rings. The van der Waals surface area contributed by atoms with Crippen molar-refractivity contribution in [2.75, 3.05) is 0 Å². The molecule has 0 atom stereocenters. The van der Waals surface area contributed by atoms with Gasteiger partial charge in [-0.05, 0) is 50.6 Å². The molecule has 2 aromatic carbocycles. The van der Waals surface area contributed by atoms with Crippen molar-refractivity contribution in [3.8, 4) is 28.2 Å². The van der Waals surface area contributed by atoms with Crippen molar-refractivity contribution in [1.29, 1.82) is 0 Å². The van der Waals surface area contributed by atoms with E-state index < -0.39 is 0 Å². The van der Waals surface area contributed by atoms with E-state index in [1.54, 1.807) is 6.20 Å². The van der Waals surface area contributed by atoms with Gasteiger partial charge >= 0.3 is 0 Å². The minimum Gasteiger partial charge on any atom is -0.491 e. The highest BCUT2D eigenvalue weighted by molar-refractivity contribution is 5.96. The lowest BCUT2D eigenvalue weighted by Crippen LogP contribution is -2.05. The van der Waals surface area contributed by atoms with Crippen LogP contribution in [0.3, 0.4) is 0 Å². The molecule has 4 heteroatoms. The largest absolute Gasteiger partial charge is 0.491 e. The van der Waals surface area contributed by atoms with E-state index in [0.29, 0.717) is 0 Å². The van der Waals surface area contributed by atoms with Crippen molar-refractivity contribution < 1.29 is 9.26 Å². The monoisotopic (exact) mass is 344 g/mol. The second-order valence-electron chi connectivity index (χ2n) is 6.59. The first kappa shape index (κ1) is 16.3. The molecule has 0 aliphatic heterocycles. The first-order valence-electron chi connectivity index (χ1n) is 8.70. The Morgan fingerprint density at radius 3 is 2.50 bits per heavy atom. The molecule has 0 amide bonds. The number of hydrogen-bond acceptors (Lipinski definition) is 4. The van der Waals surface area contributed by atoms with E-state index in [0.717, 1.165) is 44.8 Å². The summed E-state index contributed by atoms with van der Waals surface area (Å²) in [7, 11) is 0. The van der Waals surface area contributed by atoms with E-state index in [9.17, 15) is 0 Å². The van der Waals surface area contributed by atoms with Gasteiger partial charge in [0.15, 0.2) is 5.76 Å². The summed E-state index contributed by atoms with van der Waals surface area (Å²) in [6.07, 6.45) is 1.91. The van der Waals surface area contributed by atoms with Gasteiger partial charge in [0, 0.05) is 22.2 Å². The molecule has 4 aromatic rings. The van der Waals surface area contributed by atoms with Crippen LogP contribution in [0.1, 0.15) is 19.5 Å². The average molecular weight is 344 g/mol. The van der Waals surface area contributed by atoms with Crippen LogP contribution in [0.25, 0.3) is 33.4 Å². The fraction of sp³-hybridized carbons (Fsp3) is 0.182. The lowest BCUT2D eigenvalue weighted by Gasteiger charge is -2.10. The summed E-state index contributed by atoms with van der Waals surface area (Å²) >= 11 is 0. The molecule has 0 bridgehead atoms. The molecule has 2 heterocycles. The molecular weight excluding hydrogens is 324 g/mol. The number of nitrogens with zero attached hydrogens (tertiary/aromatic N) is 2. The quantitative estimate of drug-likeness (QED) is 0.480. The van der Waals surface area contributed by atoms with Gasteiger partial charge in [-0.25, -0.2) is 0 Å². The highest BCUT2D eigenvalue weighted by Gasteiger charge is 2.16. The van der Waals surface area contributed by atoms with Crippen LogP contribution in [0.15, 0.2) is 65.3 Å². The summed E-state index contributed by atoms with van der Waals surface area (Å²) in [5.74, 6) is 1.61. The number of hydrogen-bond donors (Lipinski definition) is 0. The van der Waals surface area contributed by atoms with Gasteiger partial charge in [-0.15, -0.1) is 0 Å². The third-order valence-electron chi connectivity index (χ3n) is 4.20. The van der Waals surface area contributed by atoms with Crippen LogP contribution in [0, 0.1) is 6.92 Å². The number of rotatable bonds is 4. The minimum absolute atomic E-state index is 0.151. The van der Waals surface area contributed by atoms with E-state index in [4.69, 9.17) is 9.26 Å². The Kier molecular flexibility index (Phi) is 4.17. The van der Waals surface area contributed by atoms with Gasteiger partial charge in [0.25, 0.3) is 0 Å². The van der Waals surface area contributed by atoms with Gasteiger partial charge in [-0.3, -0.25) is 4.98 Å². The fourth-order valence-electron chi connectivity index (χ4n) is 3.12. The van der Waals surface area contributed by atoms with Crippen molar-refractivity contribution in [1.82, 2.24) is 10.1 Å². The molecule has 0 spiro atoms. The second-order valence-corrected chi connectivity index (χ2v) is 6.59. The number of aromatic nitrogens is 2. The summed E-state index contributed by atoms with van der Waals surface area (Å²) in [6, 6.07) is 18.1. The van der Waals surface area contributed by atoms with Crippen molar-refractivity contribution >= 4 is 10.9 Å². The van der Waals surface area contributed by atoms with Crippen LogP contribution < -0.4 is 4.74 Å². The van der Waals surface area contributed by atoms with Crippen LogP contribution in [0.5, 0.6) is 5.75 Å². The zero-order chi connectivity index (χ0) is 18.1. The summed E-state index contributed by atoms with van der Waals surface area (Å²) in [5.41, 5.74) is 4.89. The van der Waals surface area contributed by atoms with E-state index >= 15 is 0 Å². The molecule has 130 valence electrons. The lowest BCUT2D eigenvalue weighted by atomic mass is 9.99. The minimum atomic E-state index is 0.151. The first-order chi connectivity index (χ1) is 12.6. The fourth-order valence-corrected chi connectivity index (χ4v) is 3.12. The van der Waals surface area contributed by atoms with Gasteiger partial charge in [-0.2, -0.15) is 0 Å². The molecule has 0 fully saturated rings. The maximum atomic E-state index is 5.73. The molecular formula is C22H20N2O2. The normalized spacial score (nSPS) is 11.2. The van der Waals surface area contributed by atoms with Gasteiger partial charge in [0.05, 0.1) is 17.8 Å². The van der Waals surface area contributed by atoms with Crippen molar-refractivity contribution in [2.24, 2.45) is 0 Å². The summed E-state index contributed by atoms with van der Waals surface area (Å²) in [5, 5.41) is 5.11. The standard InChI is InChI=1S/C22H20N2O2/c1-14(2)25-17-10-8-16(9-11-17)20-13-23-26-22(20)19-12-15(3)24-21-7-5-4-6-18(19)21/h4-14H,1-3H3. The number of benzene rings is 2. The van der Waals surface area contributed by atoms with Gasteiger partial charge < -0.3 is 9.26 Å². The third-order valence-corrected chi connectivity index (χ3v) is 4.20. The Bertz CT molecular complexity index is 1050. The molecule has 2 aromatic heterocycles. The third kappa shape index (κ3) is 3.06. The Hall–Kier alpha value is -3.14. The van der Waals surface area contributed by atoms with E-state index in [-0.39, 0.29) is 6.10 Å². The van der Waals surface area contributed by atoms with Gasteiger partial charge in [0.2, 0.25) is 0 Å². The second kappa shape index (κ2) is 6.64. The number of aryl methyl sites for hydroxylation is 1. The highest BCUT2D eigenvalue weighted by Crippen LogP contribution is 2.36. The summed E-state index contributed by atoms with van der Waals surface area (Å²) < 4.78 is 11.4. The predicted octanol–water partition coefficient (Wildman–Crippen LogP) is 5.65. The Balaban J connectivity index is 1.81. The topological polar surface area (TPSA) is 48.2 Å². The predicted molar refractivity (Wildman–Crippen MR) is 103 cm³/mol. The highest BCUT2D eigenvalue weighted by atomic mass is 16.5. The number of pyridine rings is 1. The zero-order valence-electron chi connectivity index (χ0n) is 15.1. The first-order valence-corrected chi connectivity index (χ1v) is 8.70. The molecule has 4 rings (SSSR count). The Labute approximate surface area is 152 Å². The molecule has 0 saturated carbocycles. The number of ether oxygens (including phenoxy) is 1. The summed E-state index contributed by atoms with van der Waals surface area (Å²) in [4.78, 5) is 4.61. The van der Waals surface area contributed by atoms with Crippen LogP contribution >= 0.6 is 0 Å². The van der Waals surface area contributed by atoms with Crippen LogP contribution in [-0.4, -0.2) is 16.2 Å². The van der Waals surface area contributed by atoms with E-state index in [2.05, 4.69) is 16.2 Å². The van der Waals surface area contributed by atoms with Gasteiger partial charge in [0.1, 0.15) is 5.75 Å². The van der Waals surface area contributed by atoms with Crippen LogP contribution in [0.2, 0.25) is 0 Å². The van der Waals surface area contributed by atoms with Crippen molar-refractivity contribution in [3.63, 3.8) is 0 Å². The van der Waals surface area contributed by atoms with Crippen LogP contribution in [-0.2, 0) is 0 Å². The van der Waals surface area contributed by atoms with Crippen molar-refractivity contribution in [3.05, 3.63) is 66.5 Å². The average Bonchev–Trinajstić information content (AvgIpc) is 3.10. The maximum Gasteiger partial charge on any atom is 0.175 e. The number of para-hydroxylation sites is 1. The SMILES string of the molecule is Cc1cc(-c2oncc2-c2ccc(OC(C)C)cc2)c2ccccc2n1. The Morgan fingerprint density at radius 2 is 1.73 bits per heavy atom. The van der Waals surface area contributed by atoms with Gasteiger partial charge in [-0.1, -0.05) is 35.5 Å². The molecule has 0 saturated heterocycles. The molecule has 0 radical (unpaired) electrons. The van der Waals surface area contributed by atoms with Crippen LogP contribution in [0.4, 0.5) is 0 Å². The summed E-state index contributed by atoms with van der Waals surface area (Å²) in [6.45, 7) is 6.02. The number of fused-ring (bicyclic) bond motifs is 1. The molecule has 4 nitrogen and oxygen atoms in total. The smallest absolute Gasteiger partial charge is 0.175 e.